The first-order valence-corrected chi connectivity index (χ1v) is 8.57. The zero-order valence-electron chi connectivity index (χ0n) is 13.5. The Kier molecular flexibility index (Phi) is 2.84. The first-order chi connectivity index (χ1) is 11.8. The highest BCUT2D eigenvalue weighted by molar-refractivity contribution is 5.63. The molecule has 4 heteroatoms. The van der Waals surface area contributed by atoms with Crippen LogP contribution in [0.15, 0.2) is 59.5 Å². The minimum atomic E-state index is -0.0126. The molecule has 1 aromatic carbocycles. The number of para-hydroxylation sites is 1. The van der Waals surface area contributed by atoms with Crippen LogP contribution in [0.5, 0.6) is 0 Å². The minimum Gasteiger partial charge on any atom is -0.364 e. The summed E-state index contributed by atoms with van der Waals surface area (Å²) in [4.78, 5) is 19.4. The van der Waals surface area contributed by atoms with Gasteiger partial charge in [-0.05, 0) is 36.6 Å². The predicted octanol–water partition coefficient (Wildman–Crippen LogP) is 3.14. The normalized spacial score (nSPS) is 17.9. The molecule has 1 saturated carbocycles. The van der Waals surface area contributed by atoms with Crippen LogP contribution >= 0.6 is 0 Å². The van der Waals surface area contributed by atoms with Crippen molar-refractivity contribution in [3.8, 4) is 0 Å². The number of aromatic nitrogens is 2. The van der Waals surface area contributed by atoms with Crippen molar-refractivity contribution in [2.24, 2.45) is 0 Å². The third-order valence-corrected chi connectivity index (χ3v) is 5.60. The zero-order chi connectivity index (χ0) is 16.1. The van der Waals surface area contributed by atoms with Crippen LogP contribution in [-0.2, 0) is 12.0 Å². The van der Waals surface area contributed by atoms with Crippen molar-refractivity contribution < 1.29 is 0 Å². The number of fused-ring (bicyclic) bond motifs is 3. The summed E-state index contributed by atoms with van der Waals surface area (Å²) in [6, 6.07) is 16.0. The van der Waals surface area contributed by atoms with Gasteiger partial charge in [-0.3, -0.25) is 9.20 Å². The fourth-order valence-electron chi connectivity index (χ4n) is 4.29. The molecule has 1 spiro atoms. The van der Waals surface area contributed by atoms with Crippen molar-refractivity contribution in [3.05, 3.63) is 76.3 Å². The molecule has 24 heavy (non-hydrogen) atoms. The molecule has 0 N–H and O–H groups in total. The molecule has 0 bridgehead atoms. The highest BCUT2D eigenvalue weighted by Gasteiger charge is 2.46. The van der Waals surface area contributed by atoms with Gasteiger partial charge in [0, 0.05) is 29.9 Å². The summed E-state index contributed by atoms with van der Waals surface area (Å²) >= 11 is 0. The first-order valence-electron chi connectivity index (χ1n) is 8.57. The van der Waals surface area contributed by atoms with E-state index in [4.69, 9.17) is 0 Å². The monoisotopic (exact) mass is 317 g/mol. The summed E-state index contributed by atoms with van der Waals surface area (Å²) in [5.41, 5.74) is 4.67. The Balaban J connectivity index is 1.54. The molecule has 2 aliphatic rings. The third-order valence-electron chi connectivity index (χ3n) is 5.60. The molecule has 5 rings (SSSR count). The van der Waals surface area contributed by atoms with Gasteiger partial charge in [0.05, 0.1) is 12.2 Å². The van der Waals surface area contributed by atoms with E-state index in [1.165, 1.54) is 30.5 Å². The van der Waals surface area contributed by atoms with Gasteiger partial charge in [-0.2, -0.15) is 0 Å². The van der Waals surface area contributed by atoms with Gasteiger partial charge in [0.25, 0.3) is 5.56 Å². The van der Waals surface area contributed by atoms with E-state index >= 15 is 0 Å². The van der Waals surface area contributed by atoms with Crippen LogP contribution < -0.4 is 10.5 Å². The highest BCUT2D eigenvalue weighted by Crippen LogP contribution is 2.52. The number of benzene rings is 1. The first kappa shape index (κ1) is 13.8. The van der Waals surface area contributed by atoms with Gasteiger partial charge in [-0.1, -0.05) is 30.7 Å². The lowest BCUT2D eigenvalue weighted by atomic mass is 9.66. The van der Waals surface area contributed by atoms with E-state index in [-0.39, 0.29) is 5.56 Å². The van der Waals surface area contributed by atoms with Crippen LogP contribution in [-0.4, -0.2) is 15.9 Å². The lowest BCUT2D eigenvalue weighted by molar-refractivity contribution is 0.263. The van der Waals surface area contributed by atoms with E-state index < -0.39 is 0 Å². The van der Waals surface area contributed by atoms with E-state index in [0.717, 1.165) is 12.2 Å². The van der Waals surface area contributed by atoms with E-state index in [0.29, 0.717) is 17.6 Å². The summed E-state index contributed by atoms with van der Waals surface area (Å²) < 4.78 is 1.59. The second-order valence-electron chi connectivity index (χ2n) is 7.02. The Morgan fingerprint density at radius 2 is 1.92 bits per heavy atom. The van der Waals surface area contributed by atoms with E-state index in [9.17, 15) is 4.79 Å². The number of hydrogen-bond acceptors (Lipinski definition) is 3. The van der Waals surface area contributed by atoms with Gasteiger partial charge in [-0.15, -0.1) is 0 Å². The number of hydrogen-bond donors (Lipinski definition) is 0. The lowest BCUT2D eigenvalue weighted by Gasteiger charge is -2.39. The molecule has 120 valence electrons. The van der Waals surface area contributed by atoms with Crippen molar-refractivity contribution in [1.29, 1.82) is 0 Å². The molecule has 0 amide bonds. The number of nitrogens with zero attached hydrogens (tertiary/aromatic N) is 3. The lowest BCUT2D eigenvalue weighted by Crippen LogP contribution is -2.39. The summed E-state index contributed by atoms with van der Waals surface area (Å²) in [5, 5.41) is 0. The fraction of sp³-hybridized carbons (Fsp3) is 0.300. The Hall–Kier alpha value is -2.62. The molecular weight excluding hydrogens is 298 g/mol. The number of anilines is 1. The molecule has 2 aromatic heterocycles. The van der Waals surface area contributed by atoms with Crippen LogP contribution in [0.3, 0.4) is 0 Å². The molecule has 0 radical (unpaired) electrons. The molecule has 0 atom stereocenters. The average Bonchev–Trinajstić information content (AvgIpc) is 2.90. The Morgan fingerprint density at radius 1 is 1.08 bits per heavy atom. The molecule has 4 nitrogen and oxygen atoms in total. The Bertz CT molecular complexity index is 987. The van der Waals surface area contributed by atoms with Crippen molar-refractivity contribution >= 4 is 11.3 Å². The highest BCUT2D eigenvalue weighted by atomic mass is 16.1. The molecular formula is C20H19N3O. The molecule has 1 aliphatic carbocycles. The molecule has 3 aromatic rings. The Labute approximate surface area is 140 Å². The second kappa shape index (κ2) is 4.94. The SMILES string of the molecule is O=c1cc(CN2CC3(CCC3)c3ccccc32)nc2ccccn12. The maximum atomic E-state index is 12.3. The van der Waals surface area contributed by atoms with Gasteiger partial charge < -0.3 is 4.90 Å². The van der Waals surface area contributed by atoms with Crippen molar-refractivity contribution in [1.82, 2.24) is 9.38 Å². The van der Waals surface area contributed by atoms with Crippen LogP contribution in [0.1, 0.15) is 30.5 Å². The van der Waals surface area contributed by atoms with Crippen LogP contribution in [0, 0.1) is 0 Å². The van der Waals surface area contributed by atoms with Crippen LogP contribution in [0.4, 0.5) is 5.69 Å². The molecule has 0 saturated heterocycles. The molecule has 1 aliphatic heterocycles. The fourth-order valence-corrected chi connectivity index (χ4v) is 4.29. The maximum absolute atomic E-state index is 12.3. The topological polar surface area (TPSA) is 37.6 Å². The second-order valence-corrected chi connectivity index (χ2v) is 7.02. The quantitative estimate of drug-likeness (QED) is 0.729. The van der Waals surface area contributed by atoms with E-state index in [1.807, 2.05) is 18.2 Å². The van der Waals surface area contributed by atoms with Gasteiger partial charge >= 0.3 is 0 Å². The van der Waals surface area contributed by atoms with E-state index in [1.54, 1.807) is 16.7 Å². The van der Waals surface area contributed by atoms with Gasteiger partial charge in [0.2, 0.25) is 0 Å². The molecule has 3 heterocycles. The van der Waals surface area contributed by atoms with Crippen LogP contribution in [0.2, 0.25) is 0 Å². The molecule has 1 fully saturated rings. The standard InChI is InChI=1S/C20H19N3O/c24-19-12-15(21-18-8-3-4-11-23(18)19)13-22-14-20(9-5-10-20)16-6-1-2-7-17(16)22/h1-4,6-8,11-12H,5,9-10,13-14H2. The third kappa shape index (κ3) is 1.92. The zero-order valence-corrected chi connectivity index (χ0v) is 13.5. The smallest absolute Gasteiger partial charge is 0.258 e. The van der Waals surface area contributed by atoms with Crippen molar-refractivity contribution in [2.45, 2.75) is 31.2 Å². The maximum Gasteiger partial charge on any atom is 0.258 e. The van der Waals surface area contributed by atoms with Crippen molar-refractivity contribution in [2.75, 3.05) is 11.4 Å². The number of rotatable bonds is 2. The van der Waals surface area contributed by atoms with Crippen LogP contribution in [0.25, 0.3) is 5.65 Å². The summed E-state index contributed by atoms with van der Waals surface area (Å²) in [6.45, 7) is 1.74. The van der Waals surface area contributed by atoms with Crippen molar-refractivity contribution in [3.63, 3.8) is 0 Å². The van der Waals surface area contributed by atoms with Gasteiger partial charge in [0.15, 0.2) is 0 Å². The summed E-state index contributed by atoms with van der Waals surface area (Å²) in [7, 11) is 0. The van der Waals surface area contributed by atoms with E-state index in [2.05, 4.69) is 34.1 Å². The minimum absolute atomic E-state index is 0.0126. The largest absolute Gasteiger partial charge is 0.364 e. The summed E-state index contributed by atoms with van der Waals surface area (Å²) in [5.74, 6) is 0. The van der Waals surface area contributed by atoms with Gasteiger partial charge in [-0.25, -0.2) is 4.98 Å². The van der Waals surface area contributed by atoms with Gasteiger partial charge in [0.1, 0.15) is 5.65 Å². The Morgan fingerprint density at radius 3 is 2.75 bits per heavy atom. The average molecular weight is 317 g/mol. The predicted molar refractivity (Wildman–Crippen MR) is 94.5 cm³/mol. The summed E-state index contributed by atoms with van der Waals surface area (Å²) in [6.07, 6.45) is 5.63. The number of pyridine rings is 1. The molecule has 0 unspecified atom stereocenters.